The average molecular weight is 336 g/mol. The summed E-state index contributed by atoms with van der Waals surface area (Å²) < 4.78 is 5.15. The molecule has 0 aromatic heterocycles. The Kier molecular flexibility index (Phi) is 10.7. The number of benzene rings is 1. The molecule has 4 heteroatoms. The van der Waals surface area contributed by atoms with E-state index in [9.17, 15) is 15.0 Å². The van der Waals surface area contributed by atoms with Crippen LogP contribution in [0.25, 0.3) is 0 Å². The number of hydrogen-bond acceptors (Lipinski definition) is 4. The first-order chi connectivity index (χ1) is 11.6. The van der Waals surface area contributed by atoms with Crippen LogP contribution in [0.3, 0.4) is 0 Å². The summed E-state index contributed by atoms with van der Waals surface area (Å²) in [6.07, 6.45) is 13.7. The molecule has 0 heterocycles. The van der Waals surface area contributed by atoms with Crippen molar-refractivity contribution in [1.29, 1.82) is 0 Å². The Balaban J connectivity index is 1.97. The zero-order valence-electron chi connectivity index (χ0n) is 14.9. The van der Waals surface area contributed by atoms with E-state index >= 15 is 0 Å². The lowest BCUT2D eigenvalue weighted by Gasteiger charge is -2.07. The Labute approximate surface area is 145 Å². The standard InChI is InChI=1S/C20H32O4/c1-2-3-4-5-6-7-8-9-10-11-12-15-24-20(23)18-14-13-17(21)16-19(18)22/h13-14,16,21-22H,2-12,15H2,1H3. The van der Waals surface area contributed by atoms with Gasteiger partial charge >= 0.3 is 5.97 Å². The van der Waals surface area contributed by atoms with Gasteiger partial charge in [0.05, 0.1) is 6.61 Å². The molecule has 0 aliphatic heterocycles. The van der Waals surface area contributed by atoms with Gasteiger partial charge in [0.2, 0.25) is 0 Å². The number of carbonyl (C=O) groups is 1. The molecule has 0 bridgehead atoms. The third-order valence-electron chi connectivity index (χ3n) is 4.18. The van der Waals surface area contributed by atoms with E-state index < -0.39 is 5.97 Å². The Morgan fingerprint density at radius 1 is 0.875 bits per heavy atom. The molecule has 0 aliphatic rings. The third-order valence-corrected chi connectivity index (χ3v) is 4.18. The molecule has 1 aromatic carbocycles. The molecular weight excluding hydrogens is 304 g/mol. The van der Waals surface area contributed by atoms with Crippen LogP contribution in [0.1, 0.15) is 87.9 Å². The lowest BCUT2D eigenvalue weighted by atomic mass is 10.1. The molecular formula is C20H32O4. The van der Waals surface area contributed by atoms with Crippen LogP contribution >= 0.6 is 0 Å². The topological polar surface area (TPSA) is 66.8 Å². The highest BCUT2D eigenvalue weighted by Crippen LogP contribution is 2.23. The summed E-state index contributed by atoms with van der Waals surface area (Å²) in [6.45, 7) is 2.61. The minimum atomic E-state index is -0.542. The first-order valence-electron chi connectivity index (χ1n) is 9.34. The van der Waals surface area contributed by atoms with Crippen LogP contribution < -0.4 is 0 Å². The van der Waals surface area contributed by atoms with Crippen molar-refractivity contribution >= 4 is 5.97 Å². The van der Waals surface area contributed by atoms with Crippen molar-refractivity contribution in [3.05, 3.63) is 23.8 Å². The normalized spacial score (nSPS) is 10.7. The molecule has 0 saturated carbocycles. The summed E-state index contributed by atoms with van der Waals surface area (Å²) in [7, 11) is 0. The van der Waals surface area contributed by atoms with Gasteiger partial charge in [-0.1, -0.05) is 71.1 Å². The lowest BCUT2D eigenvalue weighted by Crippen LogP contribution is -2.06. The fourth-order valence-corrected chi connectivity index (χ4v) is 2.70. The molecule has 4 nitrogen and oxygen atoms in total. The minimum Gasteiger partial charge on any atom is -0.508 e. The van der Waals surface area contributed by atoms with Crippen LogP contribution in [0.2, 0.25) is 0 Å². The Bertz CT molecular complexity index is 471. The SMILES string of the molecule is CCCCCCCCCCCCCOC(=O)c1ccc(O)cc1O. The predicted octanol–water partition coefficient (Wildman–Crippen LogP) is 5.57. The highest BCUT2D eigenvalue weighted by Gasteiger charge is 2.12. The second-order valence-corrected chi connectivity index (χ2v) is 6.37. The molecule has 0 radical (unpaired) electrons. The summed E-state index contributed by atoms with van der Waals surface area (Å²) in [6, 6.07) is 3.87. The van der Waals surface area contributed by atoms with Gasteiger partial charge in [-0.2, -0.15) is 0 Å². The molecule has 0 amide bonds. The van der Waals surface area contributed by atoms with Crippen LogP contribution in [0.15, 0.2) is 18.2 Å². The highest BCUT2D eigenvalue weighted by molar-refractivity contribution is 5.92. The van der Waals surface area contributed by atoms with Crippen LogP contribution in [0.4, 0.5) is 0 Å². The Morgan fingerprint density at radius 2 is 1.42 bits per heavy atom. The molecule has 24 heavy (non-hydrogen) atoms. The van der Waals surface area contributed by atoms with Crippen molar-refractivity contribution in [2.75, 3.05) is 6.61 Å². The Hall–Kier alpha value is -1.71. The molecule has 0 unspecified atom stereocenters. The fraction of sp³-hybridized carbons (Fsp3) is 0.650. The Morgan fingerprint density at radius 3 is 1.96 bits per heavy atom. The number of phenols is 2. The van der Waals surface area contributed by atoms with Gasteiger partial charge in [0.15, 0.2) is 0 Å². The van der Waals surface area contributed by atoms with Gasteiger partial charge in [-0.05, 0) is 18.6 Å². The highest BCUT2D eigenvalue weighted by atomic mass is 16.5. The van der Waals surface area contributed by atoms with Crippen LogP contribution in [0.5, 0.6) is 11.5 Å². The van der Waals surface area contributed by atoms with Gasteiger partial charge < -0.3 is 14.9 Å². The number of hydrogen-bond donors (Lipinski definition) is 2. The van der Waals surface area contributed by atoms with E-state index in [2.05, 4.69) is 6.92 Å². The van der Waals surface area contributed by atoms with Crippen LogP contribution in [-0.4, -0.2) is 22.8 Å². The van der Waals surface area contributed by atoms with E-state index in [0.717, 1.165) is 18.9 Å². The summed E-state index contributed by atoms with van der Waals surface area (Å²) in [5.74, 6) is -0.868. The average Bonchev–Trinajstić information content (AvgIpc) is 2.55. The maximum absolute atomic E-state index is 11.8. The van der Waals surface area contributed by atoms with Gasteiger partial charge in [-0.25, -0.2) is 4.79 Å². The molecule has 1 aromatic rings. The smallest absolute Gasteiger partial charge is 0.341 e. The monoisotopic (exact) mass is 336 g/mol. The second-order valence-electron chi connectivity index (χ2n) is 6.37. The van der Waals surface area contributed by atoms with Gasteiger partial charge in [0, 0.05) is 6.07 Å². The summed E-state index contributed by atoms with van der Waals surface area (Å²) in [5, 5.41) is 18.8. The quantitative estimate of drug-likeness (QED) is 0.365. The zero-order valence-corrected chi connectivity index (χ0v) is 14.9. The molecule has 0 aliphatic carbocycles. The predicted molar refractivity (Wildman–Crippen MR) is 96.5 cm³/mol. The van der Waals surface area contributed by atoms with Gasteiger partial charge in [-0.3, -0.25) is 0 Å². The summed E-state index contributed by atoms with van der Waals surface area (Å²) in [5.41, 5.74) is 0.0934. The number of rotatable bonds is 13. The number of carbonyl (C=O) groups excluding carboxylic acids is 1. The minimum absolute atomic E-state index is 0.0746. The largest absolute Gasteiger partial charge is 0.508 e. The van der Waals surface area contributed by atoms with E-state index in [-0.39, 0.29) is 17.1 Å². The molecule has 1 rings (SSSR count). The van der Waals surface area contributed by atoms with E-state index in [1.807, 2.05) is 0 Å². The lowest BCUT2D eigenvalue weighted by molar-refractivity contribution is 0.0494. The number of unbranched alkanes of at least 4 members (excludes halogenated alkanes) is 10. The van der Waals surface area contributed by atoms with E-state index in [0.29, 0.717) is 6.61 Å². The van der Waals surface area contributed by atoms with Gasteiger partial charge in [-0.15, -0.1) is 0 Å². The number of aromatic hydroxyl groups is 2. The summed E-state index contributed by atoms with van der Waals surface area (Å²) in [4.78, 5) is 11.8. The van der Waals surface area contributed by atoms with Crippen molar-refractivity contribution in [3.8, 4) is 11.5 Å². The molecule has 0 atom stereocenters. The first-order valence-corrected chi connectivity index (χ1v) is 9.34. The number of esters is 1. The maximum Gasteiger partial charge on any atom is 0.341 e. The number of phenolic OH excluding ortho intramolecular Hbond substituents is 2. The van der Waals surface area contributed by atoms with Crippen molar-refractivity contribution in [3.63, 3.8) is 0 Å². The first kappa shape index (κ1) is 20.3. The van der Waals surface area contributed by atoms with Gasteiger partial charge in [0.1, 0.15) is 17.1 Å². The van der Waals surface area contributed by atoms with Crippen LogP contribution in [0, 0.1) is 0 Å². The zero-order chi connectivity index (χ0) is 17.6. The second kappa shape index (κ2) is 12.7. The summed E-state index contributed by atoms with van der Waals surface area (Å²) >= 11 is 0. The van der Waals surface area contributed by atoms with E-state index in [1.165, 1.54) is 69.9 Å². The number of ether oxygens (including phenoxy) is 1. The maximum atomic E-state index is 11.8. The fourth-order valence-electron chi connectivity index (χ4n) is 2.70. The molecule has 0 spiro atoms. The third kappa shape index (κ3) is 8.80. The van der Waals surface area contributed by atoms with Gasteiger partial charge in [0.25, 0.3) is 0 Å². The van der Waals surface area contributed by atoms with Crippen molar-refractivity contribution in [2.24, 2.45) is 0 Å². The van der Waals surface area contributed by atoms with E-state index in [4.69, 9.17) is 4.74 Å². The van der Waals surface area contributed by atoms with Crippen molar-refractivity contribution in [1.82, 2.24) is 0 Å². The molecule has 0 saturated heterocycles. The van der Waals surface area contributed by atoms with E-state index in [1.54, 1.807) is 0 Å². The van der Waals surface area contributed by atoms with Crippen LogP contribution in [-0.2, 0) is 4.74 Å². The van der Waals surface area contributed by atoms with Crippen molar-refractivity contribution < 1.29 is 19.7 Å². The molecule has 0 fully saturated rings. The van der Waals surface area contributed by atoms with Crippen molar-refractivity contribution in [2.45, 2.75) is 77.6 Å². The molecule has 2 N–H and O–H groups in total. The molecule has 136 valence electrons.